The lowest BCUT2D eigenvalue weighted by Gasteiger charge is -2.08. The zero-order chi connectivity index (χ0) is 16.5. The molecule has 1 aromatic heterocycles. The van der Waals surface area contributed by atoms with Crippen LogP contribution in [0.1, 0.15) is 11.3 Å². The second-order valence-electron chi connectivity index (χ2n) is 4.83. The van der Waals surface area contributed by atoms with Gasteiger partial charge in [-0.3, -0.25) is 4.79 Å². The van der Waals surface area contributed by atoms with Crippen LogP contribution in [0, 0.1) is 0 Å². The molecule has 0 fully saturated rings. The van der Waals surface area contributed by atoms with Gasteiger partial charge in [-0.1, -0.05) is 12.1 Å². The molecule has 0 aliphatic carbocycles. The standard InChI is InChI=1S/C17H19N3O2S/c1-2-11-18-17(22)20-14-7-5-13(6-8-14)19-16(21)10-9-15-4-3-12-23-15/h2-8,12H,1,9-11H2,(H,19,21)(H2,18,20,22). The highest BCUT2D eigenvalue weighted by Crippen LogP contribution is 2.15. The van der Waals surface area contributed by atoms with Crippen LogP contribution in [0.25, 0.3) is 0 Å². The molecule has 23 heavy (non-hydrogen) atoms. The maximum absolute atomic E-state index is 11.9. The van der Waals surface area contributed by atoms with Gasteiger partial charge in [-0.25, -0.2) is 4.79 Å². The Morgan fingerprint density at radius 1 is 1.09 bits per heavy atom. The van der Waals surface area contributed by atoms with E-state index < -0.39 is 0 Å². The van der Waals surface area contributed by atoms with Gasteiger partial charge in [-0.2, -0.15) is 0 Å². The normalized spacial score (nSPS) is 9.91. The van der Waals surface area contributed by atoms with Gasteiger partial charge in [0.15, 0.2) is 0 Å². The number of hydrogen-bond donors (Lipinski definition) is 3. The molecule has 1 aromatic carbocycles. The van der Waals surface area contributed by atoms with Crippen LogP contribution in [0.5, 0.6) is 0 Å². The molecular weight excluding hydrogens is 310 g/mol. The molecule has 3 amide bonds. The molecule has 2 aromatic rings. The number of rotatable bonds is 7. The van der Waals surface area contributed by atoms with Crippen LogP contribution < -0.4 is 16.0 Å². The smallest absolute Gasteiger partial charge is 0.319 e. The van der Waals surface area contributed by atoms with Gasteiger partial charge in [0, 0.05) is 29.2 Å². The first-order valence-corrected chi connectivity index (χ1v) is 8.13. The molecule has 1 heterocycles. The topological polar surface area (TPSA) is 70.2 Å². The zero-order valence-corrected chi connectivity index (χ0v) is 13.5. The van der Waals surface area contributed by atoms with Gasteiger partial charge < -0.3 is 16.0 Å². The average Bonchev–Trinajstić information content (AvgIpc) is 3.06. The van der Waals surface area contributed by atoms with Crippen molar-refractivity contribution in [3.8, 4) is 0 Å². The van der Waals surface area contributed by atoms with Crippen LogP contribution in [0.4, 0.5) is 16.2 Å². The first kappa shape index (κ1) is 16.8. The van der Waals surface area contributed by atoms with Crippen molar-refractivity contribution >= 4 is 34.6 Å². The summed E-state index contributed by atoms with van der Waals surface area (Å²) in [5.74, 6) is -0.0252. The lowest BCUT2D eigenvalue weighted by atomic mass is 10.2. The molecule has 0 radical (unpaired) electrons. The van der Waals surface area contributed by atoms with Gasteiger partial charge in [0.05, 0.1) is 0 Å². The molecule has 5 nitrogen and oxygen atoms in total. The Hall–Kier alpha value is -2.60. The fourth-order valence-electron chi connectivity index (χ4n) is 1.89. The quantitative estimate of drug-likeness (QED) is 0.679. The van der Waals surface area contributed by atoms with Crippen molar-refractivity contribution in [3.05, 3.63) is 59.3 Å². The lowest BCUT2D eigenvalue weighted by molar-refractivity contribution is -0.116. The highest BCUT2D eigenvalue weighted by atomic mass is 32.1. The summed E-state index contributed by atoms with van der Waals surface area (Å²) < 4.78 is 0. The van der Waals surface area contributed by atoms with Gasteiger partial charge in [-0.05, 0) is 42.1 Å². The van der Waals surface area contributed by atoms with Crippen LogP contribution in [0.3, 0.4) is 0 Å². The van der Waals surface area contributed by atoms with Crippen LogP contribution in [-0.2, 0) is 11.2 Å². The molecule has 3 N–H and O–H groups in total. The minimum Gasteiger partial charge on any atom is -0.334 e. The van der Waals surface area contributed by atoms with Gasteiger partial charge in [0.1, 0.15) is 0 Å². The average molecular weight is 329 g/mol. The van der Waals surface area contributed by atoms with E-state index in [0.29, 0.717) is 24.3 Å². The molecular formula is C17H19N3O2S. The Morgan fingerprint density at radius 3 is 2.39 bits per heavy atom. The first-order chi connectivity index (χ1) is 11.2. The number of hydrogen-bond acceptors (Lipinski definition) is 3. The summed E-state index contributed by atoms with van der Waals surface area (Å²) in [5.41, 5.74) is 1.36. The van der Waals surface area contributed by atoms with Gasteiger partial charge in [-0.15, -0.1) is 17.9 Å². The maximum Gasteiger partial charge on any atom is 0.319 e. The zero-order valence-electron chi connectivity index (χ0n) is 12.7. The number of carbonyl (C=O) groups excluding carboxylic acids is 2. The number of carbonyl (C=O) groups is 2. The molecule has 0 aliphatic rings. The van der Waals surface area contributed by atoms with E-state index in [1.54, 1.807) is 41.7 Å². The molecule has 0 saturated heterocycles. The lowest BCUT2D eigenvalue weighted by Crippen LogP contribution is -2.28. The van der Waals surface area contributed by atoms with Crippen LogP contribution in [-0.4, -0.2) is 18.5 Å². The van der Waals surface area contributed by atoms with E-state index >= 15 is 0 Å². The van der Waals surface area contributed by atoms with E-state index in [1.807, 2.05) is 17.5 Å². The highest BCUT2D eigenvalue weighted by molar-refractivity contribution is 7.09. The predicted octanol–water partition coefficient (Wildman–Crippen LogP) is 3.63. The van der Waals surface area contributed by atoms with Crippen molar-refractivity contribution in [1.82, 2.24) is 5.32 Å². The van der Waals surface area contributed by atoms with Crippen molar-refractivity contribution in [1.29, 1.82) is 0 Å². The fourth-order valence-corrected chi connectivity index (χ4v) is 2.60. The summed E-state index contributed by atoms with van der Waals surface area (Å²) in [4.78, 5) is 24.6. The first-order valence-electron chi connectivity index (χ1n) is 7.25. The largest absolute Gasteiger partial charge is 0.334 e. The summed E-state index contributed by atoms with van der Waals surface area (Å²) in [7, 11) is 0. The third-order valence-electron chi connectivity index (χ3n) is 3.01. The Morgan fingerprint density at radius 2 is 1.78 bits per heavy atom. The van der Waals surface area contributed by atoms with Crippen molar-refractivity contribution in [2.75, 3.05) is 17.2 Å². The molecule has 0 unspecified atom stereocenters. The maximum atomic E-state index is 11.9. The summed E-state index contributed by atoms with van der Waals surface area (Å²) in [6.45, 7) is 3.94. The number of nitrogens with one attached hydrogen (secondary N) is 3. The van der Waals surface area contributed by atoms with Crippen molar-refractivity contribution in [2.45, 2.75) is 12.8 Å². The second kappa shape index (κ2) is 8.75. The fraction of sp³-hybridized carbons (Fsp3) is 0.176. The molecule has 0 atom stereocenters. The SMILES string of the molecule is C=CCNC(=O)Nc1ccc(NC(=O)CCc2cccs2)cc1. The highest BCUT2D eigenvalue weighted by Gasteiger charge is 2.05. The summed E-state index contributed by atoms with van der Waals surface area (Å²) in [6.07, 6.45) is 2.80. The van der Waals surface area contributed by atoms with Crippen molar-refractivity contribution < 1.29 is 9.59 Å². The second-order valence-corrected chi connectivity index (χ2v) is 5.86. The number of aryl methyl sites for hydroxylation is 1. The molecule has 2 rings (SSSR count). The van der Waals surface area contributed by atoms with Crippen molar-refractivity contribution in [2.24, 2.45) is 0 Å². The van der Waals surface area contributed by atoms with E-state index in [9.17, 15) is 9.59 Å². The van der Waals surface area contributed by atoms with Crippen molar-refractivity contribution in [3.63, 3.8) is 0 Å². The van der Waals surface area contributed by atoms with Crippen LogP contribution in [0.15, 0.2) is 54.4 Å². The number of anilines is 2. The summed E-state index contributed by atoms with van der Waals surface area (Å²) in [6, 6.07) is 10.7. The minimum absolute atomic E-state index is 0.0252. The molecule has 0 spiro atoms. The van der Waals surface area contributed by atoms with E-state index in [-0.39, 0.29) is 11.9 Å². The predicted molar refractivity (Wildman–Crippen MR) is 94.9 cm³/mol. The number of urea groups is 1. The number of benzene rings is 1. The minimum atomic E-state index is -0.294. The summed E-state index contributed by atoms with van der Waals surface area (Å²) >= 11 is 1.65. The molecule has 0 saturated carbocycles. The van der Waals surface area contributed by atoms with Crippen LogP contribution in [0.2, 0.25) is 0 Å². The molecule has 0 bridgehead atoms. The van der Waals surface area contributed by atoms with E-state index in [1.165, 1.54) is 4.88 Å². The van der Waals surface area contributed by atoms with Gasteiger partial charge >= 0.3 is 6.03 Å². The Kier molecular flexibility index (Phi) is 6.38. The van der Waals surface area contributed by atoms with E-state index in [0.717, 1.165) is 6.42 Å². The monoisotopic (exact) mass is 329 g/mol. The van der Waals surface area contributed by atoms with Gasteiger partial charge in [0.2, 0.25) is 5.91 Å². The molecule has 0 aliphatic heterocycles. The summed E-state index contributed by atoms with van der Waals surface area (Å²) in [5, 5.41) is 10.2. The Bertz CT molecular complexity index is 651. The third-order valence-corrected chi connectivity index (χ3v) is 3.95. The number of thiophene rings is 1. The molecule has 6 heteroatoms. The Labute approximate surface area is 139 Å². The van der Waals surface area contributed by atoms with E-state index in [2.05, 4.69) is 22.5 Å². The third kappa shape index (κ3) is 5.96. The molecule has 120 valence electrons. The Balaban J connectivity index is 1.78. The number of amides is 3. The van der Waals surface area contributed by atoms with Crippen LogP contribution >= 0.6 is 11.3 Å². The van der Waals surface area contributed by atoms with E-state index in [4.69, 9.17) is 0 Å². The van der Waals surface area contributed by atoms with Gasteiger partial charge in [0.25, 0.3) is 0 Å².